The van der Waals surface area contributed by atoms with E-state index >= 15 is 0 Å². The monoisotopic (exact) mass is 281 g/mol. The Morgan fingerprint density at radius 2 is 1.70 bits per heavy atom. The van der Waals surface area contributed by atoms with Crippen LogP contribution in [0.1, 0.15) is 18.4 Å². The molecule has 0 saturated heterocycles. The first kappa shape index (κ1) is 16.1. The number of aliphatic carboxylic acids is 1. The topological polar surface area (TPSA) is 107 Å². The van der Waals surface area contributed by atoms with Gasteiger partial charge in [-0.1, -0.05) is 30.3 Å². The molecule has 1 aromatic carbocycles. The predicted molar refractivity (Wildman–Crippen MR) is 72.0 cm³/mol. The van der Waals surface area contributed by atoms with Gasteiger partial charge in [-0.3, -0.25) is 4.79 Å². The van der Waals surface area contributed by atoms with E-state index in [0.717, 1.165) is 12.8 Å². The summed E-state index contributed by atoms with van der Waals surface area (Å²) in [4.78, 5) is 21.7. The van der Waals surface area contributed by atoms with Gasteiger partial charge in [0.05, 0.1) is 0 Å². The second-order valence-corrected chi connectivity index (χ2v) is 4.46. The van der Waals surface area contributed by atoms with Gasteiger partial charge in [-0.2, -0.15) is 0 Å². The van der Waals surface area contributed by atoms with Crippen LogP contribution in [0.3, 0.4) is 0 Å². The minimum Gasteiger partial charge on any atom is -0.479 e. The lowest BCUT2D eigenvalue weighted by Gasteiger charge is -2.13. The Labute approximate surface area is 117 Å². The molecule has 6 heteroatoms. The highest BCUT2D eigenvalue weighted by Crippen LogP contribution is 2.04. The van der Waals surface area contributed by atoms with E-state index in [1.807, 2.05) is 30.3 Å². The first-order valence-electron chi connectivity index (χ1n) is 6.43. The molecule has 0 unspecified atom stereocenters. The predicted octanol–water partition coefficient (Wildman–Crippen LogP) is -0.0681. The molecule has 0 aliphatic heterocycles. The van der Waals surface area contributed by atoms with Crippen LogP contribution < -0.4 is 5.32 Å². The third kappa shape index (κ3) is 5.38. The lowest BCUT2D eigenvalue weighted by molar-refractivity contribution is -0.158. The third-order valence-electron chi connectivity index (χ3n) is 2.86. The molecule has 2 atom stereocenters. The van der Waals surface area contributed by atoms with E-state index in [1.165, 1.54) is 5.56 Å². The SMILES string of the molecule is O=C(O)[C@H](O)[C@@H](O)C(=O)NCCCCc1ccccc1. The van der Waals surface area contributed by atoms with Crippen LogP contribution in [0.15, 0.2) is 30.3 Å². The van der Waals surface area contributed by atoms with Crippen LogP contribution in [0, 0.1) is 0 Å². The molecular weight excluding hydrogens is 262 g/mol. The largest absolute Gasteiger partial charge is 0.479 e. The maximum atomic E-state index is 11.3. The number of amides is 1. The van der Waals surface area contributed by atoms with Crippen molar-refractivity contribution in [3.05, 3.63) is 35.9 Å². The minimum absolute atomic E-state index is 0.328. The van der Waals surface area contributed by atoms with Gasteiger partial charge in [0, 0.05) is 6.54 Å². The molecule has 0 fully saturated rings. The van der Waals surface area contributed by atoms with Gasteiger partial charge in [0.2, 0.25) is 0 Å². The van der Waals surface area contributed by atoms with Crippen molar-refractivity contribution >= 4 is 11.9 Å². The molecule has 6 nitrogen and oxygen atoms in total. The lowest BCUT2D eigenvalue weighted by Crippen LogP contribution is -2.45. The van der Waals surface area contributed by atoms with Gasteiger partial charge in [-0.05, 0) is 24.8 Å². The van der Waals surface area contributed by atoms with E-state index in [2.05, 4.69) is 5.32 Å². The highest BCUT2D eigenvalue weighted by Gasteiger charge is 2.29. The van der Waals surface area contributed by atoms with Crippen molar-refractivity contribution in [2.45, 2.75) is 31.5 Å². The van der Waals surface area contributed by atoms with Crippen molar-refractivity contribution in [1.82, 2.24) is 5.32 Å². The van der Waals surface area contributed by atoms with Gasteiger partial charge in [0.15, 0.2) is 12.2 Å². The molecule has 1 aromatic rings. The highest BCUT2D eigenvalue weighted by molar-refractivity contribution is 5.87. The van der Waals surface area contributed by atoms with Crippen molar-refractivity contribution in [2.75, 3.05) is 6.54 Å². The second-order valence-electron chi connectivity index (χ2n) is 4.46. The summed E-state index contributed by atoms with van der Waals surface area (Å²) < 4.78 is 0. The fraction of sp³-hybridized carbons (Fsp3) is 0.429. The number of hydrogen-bond acceptors (Lipinski definition) is 4. The molecule has 0 spiro atoms. The number of aryl methyl sites for hydroxylation is 1. The number of carboxylic acid groups (broad SMARTS) is 1. The number of unbranched alkanes of at least 4 members (excludes halogenated alkanes) is 1. The molecule has 0 aliphatic rings. The molecule has 0 bridgehead atoms. The Bertz CT molecular complexity index is 434. The van der Waals surface area contributed by atoms with Crippen LogP contribution in [0.4, 0.5) is 0 Å². The molecule has 0 saturated carbocycles. The van der Waals surface area contributed by atoms with Crippen LogP contribution in [-0.2, 0) is 16.0 Å². The Kier molecular flexibility index (Phi) is 6.69. The molecular formula is C14H19NO5. The summed E-state index contributed by atoms with van der Waals surface area (Å²) >= 11 is 0. The molecule has 1 rings (SSSR count). The number of aliphatic hydroxyl groups excluding tert-OH is 2. The average molecular weight is 281 g/mol. The van der Waals surface area contributed by atoms with Crippen LogP contribution in [0.25, 0.3) is 0 Å². The fourth-order valence-electron chi connectivity index (χ4n) is 1.69. The molecule has 4 N–H and O–H groups in total. The number of aliphatic hydroxyl groups is 2. The first-order chi connectivity index (χ1) is 9.52. The number of rotatable bonds is 8. The van der Waals surface area contributed by atoms with Gasteiger partial charge in [-0.25, -0.2) is 4.79 Å². The van der Waals surface area contributed by atoms with E-state index in [9.17, 15) is 14.7 Å². The summed E-state index contributed by atoms with van der Waals surface area (Å²) in [6, 6.07) is 9.90. The van der Waals surface area contributed by atoms with Crippen LogP contribution in [0.5, 0.6) is 0 Å². The number of benzene rings is 1. The lowest BCUT2D eigenvalue weighted by atomic mass is 10.1. The highest BCUT2D eigenvalue weighted by atomic mass is 16.4. The summed E-state index contributed by atoms with van der Waals surface area (Å²) in [6.45, 7) is 0.328. The van der Waals surface area contributed by atoms with Crippen molar-refractivity contribution in [2.24, 2.45) is 0 Å². The quantitative estimate of drug-likeness (QED) is 0.499. The summed E-state index contributed by atoms with van der Waals surface area (Å²) in [7, 11) is 0. The van der Waals surface area contributed by atoms with Gasteiger partial charge in [0.1, 0.15) is 0 Å². The van der Waals surface area contributed by atoms with Gasteiger partial charge in [-0.15, -0.1) is 0 Å². The summed E-state index contributed by atoms with van der Waals surface area (Å²) in [5, 5.41) is 29.1. The summed E-state index contributed by atoms with van der Waals surface area (Å²) in [5.41, 5.74) is 1.21. The maximum absolute atomic E-state index is 11.3. The van der Waals surface area contributed by atoms with Crippen LogP contribution >= 0.6 is 0 Å². The van der Waals surface area contributed by atoms with E-state index in [1.54, 1.807) is 0 Å². The van der Waals surface area contributed by atoms with Crippen molar-refractivity contribution in [3.63, 3.8) is 0 Å². The molecule has 110 valence electrons. The zero-order chi connectivity index (χ0) is 15.0. The van der Waals surface area contributed by atoms with E-state index in [4.69, 9.17) is 10.2 Å². The van der Waals surface area contributed by atoms with Crippen molar-refractivity contribution in [3.8, 4) is 0 Å². The maximum Gasteiger partial charge on any atom is 0.335 e. The Morgan fingerprint density at radius 1 is 1.05 bits per heavy atom. The summed E-state index contributed by atoms with van der Waals surface area (Å²) in [6.07, 6.45) is -1.59. The van der Waals surface area contributed by atoms with Gasteiger partial charge in [0.25, 0.3) is 5.91 Å². The van der Waals surface area contributed by atoms with E-state index in [-0.39, 0.29) is 0 Å². The summed E-state index contributed by atoms with van der Waals surface area (Å²) in [5.74, 6) is -2.50. The average Bonchev–Trinajstić information content (AvgIpc) is 2.46. The molecule has 0 aromatic heterocycles. The normalized spacial score (nSPS) is 13.5. The Morgan fingerprint density at radius 3 is 2.30 bits per heavy atom. The fourth-order valence-corrected chi connectivity index (χ4v) is 1.69. The second kappa shape index (κ2) is 8.29. The zero-order valence-corrected chi connectivity index (χ0v) is 11.0. The third-order valence-corrected chi connectivity index (χ3v) is 2.86. The molecule has 0 heterocycles. The number of carbonyl (C=O) groups is 2. The van der Waals surface area contributed by atoms with Gasteiger partial charge < -0.3 is 20.6 Å². The Hall–Kier alpha value is -1.92. The Balaban J connectivity index is 2.18. The molecule has 0 aliphatic carbocycles. The standard InChI is InChI=1S/C14H19NO5/c16-11(12(17)14(19)20)13(18)15-9-5-4-8-10-6-2-1-3-7-10/h1-3,6-7,11-12,16-17H,4-5,8-9H2,(H,15,18)(H,19,20)/t11-,12-/m1/s1. The van der Waals surface area contributed by atoms with Gasteiger partial charge >= 0.3 is 5.97 Å². The van der Waals surface area contributed by atoms with E-state index in [0.29, 0.717) is 13.0 Å². The smallest absolute Gasteiger partial charge is 0.335 e. The number of carbonyl (C=O) groups excluding carboxylic acids is 1. The van der Waals surface area contributed by atoms with Crippen molar-refractivity contribution < 1.29 is 24.9 Å². The number of hydrogen-bond donors (Lipinski definition) is 4. The number of carboxylic acids is 1. The van der Waals surface area contributed by atoms with Crippen molar-refractivity contribution in [1.29, 1.82) is 0 Å². The molecule has 1 amide bonds. The van der Waals surface area contributed by atoms with Crippen LogP contribution in [-0.4, -0.2) is 45.9 Å². The first-order valence-corrected chi connectivity index (χ1v) is 6.43. The zero-order valence-electron chi connectivity index (χ0n) is 11.0. The van der Waals surface area contributed by atoms with E-state index < -0.39 is 24.1 Å². The minimum atomic E-state index is -2.10. The molecule has 20 heavy (non-hydrogen) atoms. The number of nitrogens with one attached hydrogen (secondary N) is 1. The van der Waals surface area contributed by atoms with Crippen LogP contribution in [0.2, 0.25) is 0 Å². The molecule has 0 radical (unpaired) electrons.